The highest BCUT2D eigenvalue weighted by molar-refractivity contribution is 6.31. The Morgan fingerprint density at radius 3 is 2.62 bits per heavy atom. The Morgan fingerprint density at radius 2 is 1.96 bits per heavy atom. The van der Waals surface area contributed by atoms with E-state index in [1.807, 2.05) is 43.3 Å². The molecule has 1 unspecified atom stereocenters. The molecule has 2 rings (SSSR count). The molecule has 1 amide bonds. The highest BCUT2D eigenvalue weighted by Gasteiger charge is 2.16. The van der Waals surface area contributed by atoms with Crippen LogP contribution >= 0.6 is 11.6 Å². The van der Waals surface area contributed by atoms with Gasteiger partial charge in [-0.25, -0.2) is 0 Å². The third-order valence-corrected chi connectivity index (χ3v) is 4.08. The second kappa shape index (κ2) is 8.83. The van der Waals surface area contributed by atoms with Crippen LogP contribution in [0.1, 0.15) is 21.5 Å². The van der Waals surface area contributed by atoms with Crippen molar-refractivity contribution >= 4 is 17.5 Å². The molecule has 0 heterocycles. The molecule has 0 spiro atoms. The first-order valence-electron chi connectivity index (χ1n) is 7.78. The molecule has 0 aromatic heterocycles. The molecule has 24 heavy (non-hydrogen) atoms. The van der Waals surface area contributed by atoms with Crippen LogP contribution in [0.5, 0.6) is 0 Å². The Balaban J connectivity index is 1.81. The van der Waals surface area contributed by atoms with Gasteiger partial charge in [-0.15, -0.1) is 0 Å². The van der Waals surface area contributed by atoms with Crippen LogP contribution < -0.4 is 0 Å². The van der Waals surface area contributed by atoms with E-state index in [-0.39, 0.29) is 19.1 Å². The first kappa shape index (κ1) is 18.5. The third-order valence-electron chi connectivity index (χ3n) is 3.67. The second-order valence-corrected chi connectivity index (χ2v) is 6.21. The number of benzene rings is 2. The number of hydrogen-bond acceptors (Lipinski definition) is 3. The predicted molar refractivity (Wildman–Crippen MR) is 95.3 cm³/mol. The zero-order valence-electron chi connectivity index (χ0n) is 13.9. The molecule has 5 heteroatoms. The molecule has 0 saturated heterocycles. The van der Waals surface area contributed by atoms with Crippen molar-refractivity contribution in [1.82, 2.24) is 4.90 Å². The molecular weight excluding hydrogens is 326 g/mol. The summed E-state index contributed by atoms with van der Waals surface area (Å²) in [5, 5.41) is 10.6. The van der Waals surface area contributed by atoms with E-state index >= 15 is 0 Å². The van der Waals surface area contributed by atoms with Crippen LogP contribution in [-0.2, 0) is 11.3 Å². The van der Waals surface area contributed by atoms with Crippen molar-refractivity contribution in [2.45, 2.75) is 19.6 Å². The fourth-order valence-electron chi connectivity index (χ4n) is 2.29. The lowest BCUT2D eigenvalue weighted by molar-refractivity contribution is 0.0137. The Hall–Kier alpha value is -1.88. The molecule has 2 aromatic carbocycles. The number of nitrogens with zero attached hydrogens (tertiary/aromatic N) is 1. The van der Waals surface area contributed by atoms with Gasteiger partial charge >= 0.3 is 0 Å². The molecule has 0 aliphatic heterocycles. The quantitative estimate of drug-likeness (QED) is 0.836. The van der Waals surface area contributed by atoms with E-state index in [1.54, 1.807) is 19.2 Å². The number of amides is 1. The summed E-state index contributed by atoms with van der Waals surface area (Å²) >= 11 is 6.05. The van der Waals surface area contributed by atoms with Crippen LogP contribution in [0.2, 0.25) is 5.02 Å². The van der Waals surface area contributed by atoms with Gasteiger partial charge in [-0.05, 0) is 30.2 Å². The van der Waals surface area contributed by atoms with Gasteiger partial charge in [-0.1, -0.05) is 48.0 Å². The van der Waals surface area contributed by atoms with E-state index in [9.17, 15) is 9.90 Å². The number of aryl methyl sites for hydroxylation is 1. The minimum atomic E-state index is -0.747. The van der Waals surface area contributed by atoms with Crippen molar-refractivity contribution in [3.8, 4) is 0 Å². The number of rotatable bonds is 7. The molecule has 0 aliphatic carbocycles. The van der Waals surface area contributed by atoms with Crippen molar-refractivity contribution in [2.24, 2.45) is 0 Å². The molecule has 1 N–H and O–H groups in total. The van der Waals surface area contributed by atoms with Crippen molar-refractivity contribution in [1.29, 1.82) is 0 Å². The largest absolute Gasteiger partial charge is 0.389 e. The van der Waals surface area contributed by atoms with Crippen molar-refractivity contribution < 1.29 is 14.6 Å². The Bertz CT molecular complexity index is 676. The van der Waals surface area contributed by atoms with Gasteiger partial charge in [0.1, 0.15) is 0 Å². The van der Waals surface area contributed by atoms with Gasteiger partial charge in [-0.3, -0.25) is 4.79 Å². The summed E-state index contributed by atoms with van der Waals surface area (Å²) < 4.78 is 5.49. The lowest BCUT2D eigenvalue weighted by atomic mass is 10.1. The molecule has 1 atom stereocenters. The fraction of sp³-hybridized carbons (Fsp3) is 0.316. The Kier molecular flexibility index (Phi) is 6.79. The number of carbonyl (C=O) groups excluding carboxylic acids is 1. The molecule has 0 bridgehead atoms. The van der Waals surface area contributed by atoms with Crippen LogP contribution in [0.4, 0.5) is 0 Å². The average molecular weight is 348 g/mol. The number of hydrogen-bond donors (Lipinski definition) is 1. The van der Waals surface area contributed by atoms with E-state index in [0.717, 1.165) is 11.1 Å². The zero-order chi connectivity index (χ0) is 17.5. The SMILES string of the molecule is Cc1ccc(C(=O)N(C)CC(O)COCc2ccccc2)cc1Cl. The van der Waals surface area contributed by atoms with Crippen LogP contribution in [-0.4, -0.2) is 42.2 Å². The Labute approximate surface area is 147 Å². The van der Waals surface area contributed by atoms with Gasteiger partial charge in [0.25, 0.3) is 5.91 Å². The second-order valence-electron chi connectivity index (χ2n) is 5.80. The maximum atomic E-state index is 12.4. The van der Waals surface area contributed by atoms with E-state index in [0.29, 0.717) is 17.2 Å². The van der Waals surface area contributed by atoms with Crippen molar-refractivity contribution in [3.63, 3.8) is 0 Å². The number of ether oxygens (including phenoxy) is 1. The van der Waals surface area contributed by atoms with Gasteiger partial charge < -0.3 is 14.7 Å². The molecule has 2 aromatic rings. The molecule has 0 fully saturated rings. The van der Waals surface area contributed by atoms with Gasteiger partial charge in [-0.2, -0.15) is 0 Å². The van der Waals surface area contributed by atoms with Crippen LogP contribution in [0, 0.1) is 6.92 Å². The minimum Gasteiger partial charge on any atom is -0.389 e. The lowest BCUT2D eigenvalue weighted by Gasteiger charge is -2.21. The number of halogens is 1. The summed E-state index contributed by atoms with van der Waals surface area (Å²) in [5.74, 6) is -0.181. The van der Waals surface area contributed by atoms with Crippen LogP contribution in [0.25, 0.3) is 0 Å². The average Bonchev–Trinajstić information content (AvgIpc) is 2.57. The lowest BCUT2D eigenvalue weighted by Crippen LogP contribution is -2.36. The Morgan fingerprint density at radius 1 is 1.25 bits per heavy atom. The summed E-state index contributed by atoms with van der Waals surface area (Å²) in [6.45, 7) is 2.68. The van der Waals surface area contributed by atoms with E-state index < -0.39 is 6.10 Å². The maximum Gasteiger partial charge on any atom is 0.253 e. The van der Waals surface area contributed by atoms with Gasteiger partial charge in [0.15, 0.2) is 0 Å². The summed E-state index contributed by atoms with van der Waals surface area (Å²) in [6, 6.07) is 14.9. The summed E-state index contributed by atoms with van der Waals surface area (Å²) in [5.41, 5.74) is 2.47. The maximum absolute atomic E-state index is 12.4. The molecule has 0 radical (unpaired) electrons. The zero-order valence-corrected chi connectivity index (χ0v) is 14.7. The summed E-state index contributed by atoms with van der Waals surface area (Å²) in [7, 11) is 1.65. The summed E-state index contributed by atoms with van der Waals surface area (Å²) in [4.78, 5) is 13.8. The number of likely N-dealkylation sites (N-methyl/N-ethyl adjacent to an activating group) is 1. The van der Waals surface area contributed by atoms with Crippen molar-refractivity contribution in [3.05, 3.63) is 70.2 Å². The molecule has 0 aliphatic rings. The van der Waals surface area contributed by atoms with E-state index in [1.165, 1.54) is 4.90 Å². The number of carbonyl (C=O) groups is 1. The van der Waals surface area contributed by atoms with Crippen LogP contribution in [0.15, 0.2) is 48.5 Å². The highest BCUT2D eigenvalue weighted by atomic mass is 35.5. The standard InChI is InChI=1S/C19H22ClNO3/c1-14-8-9-16(10-18(14)20)19(23)21(2)11-17(22)13-24-12-15-6-4-3-5-7-15/h3-10,17,22H,11-13H2,1-2H3. The predicted octanol–water partition coefficient (Wildman–Crippen LogP) is 3.30. The van der Waals surface area contributed by atoms with E-state index in [4.69, 9.17) is 16.3 Å². The monoisotopic (exact) mass is 347 g/mol. The topological polar surface area (TPSA) is 49.8 Å². The van der Waals surface area contributed by atoms with Crippen LogP contribution in [0.3, 0.4) is 0 Å². The first-order chi connectivity index (χ1) is 11.5. The first-order valence-corrected chi connectivity index (χ1v) is 8.16. The molecule has 128 valence electrons. The smallest absolute Gasteiger partial charge is 0.253 e. The number of aliphatic hydroxyl groups is 1. The van der Waals surface area contributed by atoms with Gasteiger partial charge in [0, 0.05) is 24.2 Å². The number of aliphatic hydroxyl groups excluding tert-OH is 1. The third kappa shape index (κ3) is 5.34. The fourth-order valence-corrected chi connectivity index (χ4v) is 2.47. The normalized spacial score (nSPS) is 12.0. The molecule has 4 nitrogen and oxygen atoms in total. The van der Waals surface area contributed by atoms with E-state index in [2.05, 4.69) is 0 Å². The molecule has 0 saturated carbocycles. The summed E-state index contributed by atoms with van der Waals surface area (Å²) in [6.07, 6.45) is -0.747. The van der Waals surface area contributed by atoms with Gasteiger partial charge in [0.2, 0.25) is 0 Å². The van der Waals surface area contributed by atoms with Gasteiger partial charge in [0.05, 0.1) is 19.3 Å². The van der Waals surface area contributed by atoms with Crippen molar-refractivity contribution in [2.75, 3.05) is 20.2 Å². The highest BCUT2D eigenvalue weighted by Crippen LogP contribution is 2.17. The molecular formula is C19H22ClNO3. The minimum absolute atomic E-state index is 0.168.